The molecule has 0 atom stereocenters. The summed E-state index contributed by atoms with van der Waals surface area (Å²) in [5.41, 5.74) is 0.118. The van der Waals surface area contributed by atoms with Crippen molar-refractivity contribution in [1.82, 2.24) is 10.2 Å². The van der Waals surface area contributed by atoms with Crippen molar-refractivity contribution in [3.8, 4) is 5.75 Å². The van der Waals surface area contributed by atoms with Gasteiger partial charge in [-0.2, -0.15) is 0 Å². The summed E-state index contributed by atoms with van der Waals surface area (Å²) in [7, 11) is 1.36. The number of ether oxygens (including phenoxy) is 1. The minimum atomic E-state index is -0.545. The first-order valence-corrected chi connectivity index (χ1v) is 6.42. The fourth-order valence-corrected chi connectivity index (χ4v) is 2.19. The van der Waals surface area contributed by atoms with E-state index in [9.17, 15) is 14.9 Å². The van der Waals surface area contributed by atoms with Crippen LogP contribution in [-0.4, -0.2) is 48.5 Å². The highest BCUT2D eigenvalue weighted by Gasteiger charge is 2.29. The van der Waals surface area contributed by atoms with Gasteiger partial charge in [-0.25, -0.2) is 0 Å². The molecule has 1 saturated heterocycles. The van der Waals surface area contributed by atoms with E-state index in [0.717, 1.165) is 13.1 Å². The molecule has 1 amide bonds. The number of nitrogens with one attached hydrogen (secondary N) is 1. The molecule has 1 aliphatic heterocycles. The molecule has 108 valence electrons. The fraction of sp³-hybridized carbons (Fsp3) is 0.462. The number of hydrogen-bond acceptors (Lipinski definition) is 5. The highest BCUT2D eigenvalue weighted by molar-refractivity contribution is 5.95. The van der Waals surface area contributed by atoms with Gasteiger partial charge in [0.1, 0.15) is 0 Å². The first-order chi connectivity index (χ1) is 9.58. The third kappa shape index (κ3) is 2.57. The van der Waals surface area contributed by atoms with Gasteiger partial charge in [0.15, 0.2) is 5.75 Å². The molecule has 0 aliphatic carbocycles. The number of nitro benzene ring substituents is 1. The molecule has 1 aromatic rings. The van der Waals surface area contributed by atoms with Gasteiger partial charge in [-0.3, -0.25) is 14.9 Å². The molecule has 0 unspecified atom stereocenters. The monoisotopic (exact) mass is 279 g/mol. The van der Waals surface area contributed by atoms with E-state index in [1.54, 1.807) is 11.0 Å². The van der Waals surface area contributed by atoms with Gasteiger partial charge in [-0.05, 0) is 19.1 Å². The Morgan fingerprint density at radius 1 is 1.55 bits per heavy atom. The highest BCUT2D eigenvalue weighted by Crippen LogP contribution is 2.28. The molecule has 1 heterocycles. The second-order valence-corrected chi connectivity index (χ2v) is 4.55. The molecule has 1 fully saturated rings. The Balaban J connectivity index is 2.29. The molecule has 1 aliphatic rings. The van der Waals surface area contributed by atoms with E-state index in [4.69, 9.17) is 4.74 Å². The number of benzene rings is 1. The van der Waals surface area contributed by atoms with E-state index in [2.05, 4.69) is 5.32 Å². The predicted molar refractivity (Wildman–Crippen MR) is 73.0 cm³/mol. The smallest absolute Gasteiger partial charge is 0.311 e. The maximum atomic E-state index is 12.4. The van der Waals surface area contributed by atoms with Crippen LogP contribution in [0.1, 0.15) is 17.3 Å². The van der Waals surface area contributed by atoms with Crippen LogP contribution in [0.2, 0.25) is 0 Å². The average Bonchev–Trinajstić information content (AvgIpc) is 2.40. The van der Waals surface area contributed by atoms with Gasteiger partial charge in [0.2, 0.25) is 0 Å². The van der Waals surface area contributed by atoms with Crippen LogP contribution in [0.5, 0.6) is 5.75 Å². The molecule has 7 nitrogen and oxygen atoms in total. The van der Waals surface area contributed by atoms with Gasteiger partial charge >= 0.3 is 5.69 Å². The molecule has 0 saturated carbocycles. The van der Waals surface area contributed by atoms with Crippen molar-refractivity contribution >= 4 is 11.6 Å². The second-order valence-electron chi connectivity index (χ2n) is 4.55. The van der Waals surface area contributed by atoms with Crippen LogP contribution in [0.4, 0.5) is 5.69 Å². The second kappa shape index (κ2) is 5.87. The summed E-state index contributed by atoms with van der Waals surface area (Å²) in [6.45, 7) is 3.99. The van der Waals surface area contributed by atoms with Gasteiger partial charge in [0, 0.05) is 31.3 Å². The van der Waals surface area contributed by atoms with E-state index < -0.39 is 4.92 Å². The number of carbonyl (C=O) groups is 1. The van der Waals surface area contributed by atoms with Crippen molar-refractivity contribution in [3.63, 3.8) is 0 Å². The van der Waals surface area contributed by atoms with Gasteiger partial charge in [-0.15, -0.1) is 0 Å². The van der Waals surface area contributed by atoms with Crippen LogP contribution in [0.3, 0.4) is 0 Å². The van der Waals surface area contributed by atoms with Crippen molar-refractivity contribution < 1.29 is 14.5 Å². The van der Waals surface area contributed by atoms with Crippen LogP contribution < -0.4 is 10.1 Å². The molecule has 1 aromatic carbocycles. The number of carbonyl (C=O) groups excluding carboxylic acids is 1. The third-order valence-electron chi connectivity index (χ3n) is 3.42. The zero-order chi connectivity index (χ0) is 14.7. The lowest BCUT2D eigenvalue weighted by Crippen LogP contribution is -2.58. The molecular formula is C13H17N3O4. The molecule has 0 aromatic heterocycles. The van der Waals surface area contributed by atoms with Gasteiger partial charge in [0.05, 0.1) is 18.1 Å². The first-order valence-electron chi connectivity index (χ1n) is 6.42. The lowest BCUT2D eigenvalue weighted by molar-refractivity contribution is -0.385. The summed E-state index contributed by atoms with van der Waals surface area (Å²) in [6.07, 6.45) is 0. The first kappa shape index (κ1) is 14.3. The summed E-state index contributed by atoms with van der Waals surface area (Å²) < 4.78 is 4.93. The average molecular weight is 279 g/mol. The molecular weight excluding hydrogens is 262 g/mol. The molecule has 0 spiro atoms. The molecule has 1 N–H and O–H groups in total. The Hall–Kier alpha value is -2.15. The molecule has 0 radical (unpaired) electrons. The molecule has 20 heavy (non-hydrogen) atoms. The highest BCUT2D eigenvalue weighted by atomic mass is 16.6. The summed E-state index contributed by atoms with van der Waals surface area (Å²) in [4.78, 5) is 24.6. The maximum Gasteiger partial charge on any atom is 0.311 e. The van der Waals surface area contributed by atoms with Crippen molar-refractivity contribution in [2.24, 2.45) is 0 Å². The summed E-state index contributed by atoms with van der Waals surface area (Å²) in [5.74, 6) is -0.0373. The van der Waals surface area contributed by atoms with Crippen molar-refractivity contribution in [2.75, 3.05) is 26.7 Å². The van der Waals surface area contributed by atoms with Crippen LogP contribution in [0, 0.1) is 10.1 Å². The Morgan fingerprint density at radius 2 is 2.25 bits per heavy atom. The number of hydrogen-bond donors (Lipinski definition) is 1. The molecule has 2 rings (SSSR count). The van der Waals surface area contributed by atoms with Crippen molar-refractivity contribution in [1.29, 1.82) is 0 Å². The standard InChI is InChI=1S/C13H17N3O4/c1-3-15(10-7-14-8-10)13(17)9-4-5-12(20-2)11(6-9)16(18)19/h4-6,10,14H,3,7-8H2,1-2H3. The van der Waals surface area contributed by atoms with Gasteiger partial charge in [-0.1, -0.05) is 0 Å². The third-order valence-corrected chi connectivity index (χ3v) is 3.42. The Morgan fingerprint density at radius 3 is 2.70 bits per heavy atom. The van der Waals surface area contributed by atoms with Crippen LogP contribution >= 0.6 is 0 Å². The topological polar surface area (TPSA) is 84.7 Å². The minimum Gasteiger partial charge on any atom is -0.490 e. The number of methoxy groups -OCH3 is 1. The predicted octanol–water partition coefficient (Wildman–Crippen LogP) is 1.04. The number of nitro groups is 1. The number of rotatable bonds is 5. The van der Waals surface area contributed by atoms with E-state index >= 15 is 0 Å². The van der Waals surface area contributed by atoms with Crippen LogP contribution in [0.25, 0.3) is 0 Å². The summed E-state index contributed by atoms with van der Waals surface area (Å²) in [5, 5.41) is 14.1. The van der Waals surface area contributed by atoms with Crippen molar-refractivity contribution in [3.05, 3.63) is 33.9 Å². The van der Waals surface area contributed by atoms with E-state index in [-0.39, 0.29) is 23.4 Å². The lowest BCUT2D eigenvalue weighted by Gasteiger charge is -2.37. The van der Waals surface area contributed by atoms with Gasteiger partial charge in [0.25, 0.3) is 5.91 Å². The zero-order valence-corrected chi connectivity index (χ0v) is 11.5. The Labute approximate surface area is 116 Å². The normalized spacial score (nSPS) is 14.5. The lowest BCUT2D eigenvalue weighted by atomic mass is 10.1. The van der Waals surface area contributed by atoms with Crippen LogP contribution in [0.15, 0.2) is 18.2 Å². The van der Waals surface area contributed by atoms with Gasteiger partial charge < -0.3 is 15.0 Å². The fourth-order valence-electron chi connectivity index (χ4n) is 2.19. The molecule has 0 bridgehead atoms. The van der Waals surface area contributed by atoms with E-state index in [1.807, 2.05) is 6.92 Å². The van der Waals surface area contributed by atoms with Crippen molar-refractivity contribution in [2.45, 2.75) is 13.0 Å². The molecule has 7 heteroatoms. The Kier molecular flexibility index (Phi) is 4.19. The Bertz CT molecular complexity index is 528. The van der Waals surface area contributed by atoms with E-state index in [1.165, 1.54) is 19.2 Å². The number of nitrogens with zero attached hydrogens (tertiary/aromatic N) is 2. The van der Waals surface area contributed by atoms with Crippen LogP contribution in [-0.2, 0) is 0 Å². The minimum absolute atomic E-state index is 0.153. The summed E-state index contributed by atoms with van der Waals surface area (Å²) in [6, 6.07) is 4.45. The zero-order valence-electron chi connectivity index (χ0n) is 11.5. The number of amides is 1. The SMILES string of the molecule is CCN(C(=O)c1ccc(OC)c([N+](=O)[O-])c1)C1CNC1. The quantitative estimate of drug-likeness (QED) is 0.643. The maximum absolute atomic E-state index is 12.4. The number of likely N-dealkylation sites (N-methyl/N-ethyl adjacent to an activating group) is 1. The van der Waals surface area contributed by atoms with E-state index in [0.29, 0.717) is 12.1 Å². The summed E-state index contributed by atoms with van der Waals surface area (Å²) >= 11 is 0. The largest absolute Gasteiger partial charge is 0.490 e.